The number of benzene rings is 1. The molecule has 0 unspecified atom stereocenters. The number of piperazine rings is 1. The molecule has 1 aliphatic heterocycles. The number of nitrogens with one attached hydrogen (secondary N) is 2. The molecule has 7 nitrogen and oxygen atoms in total. The molecule has 0 atom stereocenters. The maximum atomic E-state index is 5.25. The van der Waals surface area contributed by atoms with Gasteiger partial charge in [0.05, 0.1) is 7.11 Å². The monoisotopic (exact) mass is 526 g/mol. The van der Waals surface area contributed by atoms with E-state index in [1.165, 1.54) is 5.69 Å². The van der Waals surface area contributed by atoms with Crippen molar-refractivity contribution in [3.8, 4) is 5.75 Å². The highest BCUT2D eigenvalue weighted by Gasteiger charge is 2.16. The number of aliphatic imine (C=N–C) groups is 1. The van der Waals surface area contributed by atoms with Gasteiger partial charge in [0.1, 0.15) is 5.75 Å². The summed E-state index contributed by atoms with van der Waals surface area (Å²) in [5.41, 5.74) is 1.28. The number of anilines is 1. The molecule has 2 aromatic rings. The van der Waals surface area contributed by atoms with Crippen molar-refractivity contribution in [3.63, 3.8) is 0 Å². The van der Waals surface area contributed by atoms with Crippen LogP contribution in [0.4, 0.5) is 5.69 Å². The van der Waals surface area contributed by atoms with Gasteiger partial charge in [0.2, 0.25) is 0 Å². The first-order chi connectivity index (χ1) is 14.3. The SMILES string of the molecule is CN=C(NCCCN1CCN(c2ccc(OC)cc2)CC1)NCCn1cccc1.I. The number of halogens is 1. The molecular weight excluding hydrogens is 491 g/mol. The summed E-state index contributed by atoms with van der Waals surface area (Å²) in [6.07, 6.45) is 5.26. The van der Waals surface area contributed by atoms with Crippen molar-refractivity contribution in [2.75, 3.05) is 64.9 Å². The molecule has 1 aromatic carbocycles. The van der Waals surface area contributed by atoms with Crippen LogP contribution in [0.2, 0.25) is 0 Å². The molecule has 8 heteroatoms. The van der Waals surface area contributed by atoms with E-state index in [-0.39, 0.29) is 24.0 Å². The molecule has 30 heavy (non-hydrogen) atoms. The van der Waals surface area contributed by atoms with E-state index in [0.717, 1.165) is 70.5 Å². The Kier molecular flexibility index (Phi) is 10.9. The Balaban J connectivity index is 0.00000320. The lowest BCUT2D eigenvalue weighted by atomic mass is 10.2. The molecular formula is C22H35IN6O. The lowest BCUT2D eigenvalue weighted by Gasteiger charge is -2.36. The fraction of sp³-hybridized carbons (Fsp3) is 0.500. The van der Waals surface area contributed by atoms with Gasteiger partial charge >= 0.3 is 0 Å². The molecule has 1 saturated heterocycles. The Bertz CT molecular complexity index is 727. The lowest BCUT2D eigenvalue weighted by molar-refractivity contribution is 0.255. The van der Waals surface area contributed by atoms with Gasteiger partial charge in [0, 0.05) is 70.9 Å². The number of methoxy groups -OCH3 is 1. The van der Waals surface area contributed by atoms with Crippen LogP contribution >= 0.6 is 24.0 Å². The maximum Gasteiger partial charge on any atom is 0.191 e. The lowest BCUT2D eigenvalue weighted by Crippen LogP contribution is -2.47. The summed E-state index contributed by atoms with van der Waals surface area (Å²) in [5.74, 6) is 1.79. The highest BCUT2D eigenvalue weighted by atomic mass is 127. The number of hydrogen-bond acceptors (Lipinski definition) is 4. The van der Waals surface area contributed by atoms with Crippen molar-refractivity contribution in [2.24, 2.45) is 4.99 Å². The zero-order valence-corrected chi connectivity index (χ0v) is 20.4. The molecule has 1 aromatic heterocycles. The van der Waals surface area contributed by atoms with Crippen LogP contribution < -0.4 is 20.3 Å². The molecule has 0 spiro atoms. The van der Waals surface area contributed by atoms with Crippen LogP contribution in [0.25, 0.3) is 0 Å². The van der Waals surface area contributed by atoms with Gasteiger partial charge in [-0.15, -0.1) is 24.0 Å². The van der Waals surface area contributed by atoms with Gasteiger partial charge in [-0.2, -0.15) is 0 Å². The summed E-state index contributed by atoms with van der Waals surface area (Å²) in [6.45, 7) is 8.20. The molecule has 2 heterocycles. The minimum absolute atomic E-state index is 0. The number of rotatable bonds is 9. The Morgan fingerprint density at radius 3 is 2.27 bits per heavy atom. The largest absolute Gasteiger partial charge is 0.497 e. The normalized spacial score (nSPS) is 14.9. The Morgan fingerprint density at radius 2 is 1.63 bits per heavy atom. The van der Waals surface area contributed by atoms with Crippen molar-refractivity contribution in [1.29, 1.82) is 0 Å². The smallest absolute Gasteiger partial charge is 0.191 e. The maximum absolute atomic E-state index is 5.25. The van der Waals surface area contributed by atoms with E-state index in [1.807, 2.05) is 31.3 Å². The first-order valence-electron chi connectivity index (χ1n) is 10.4. The Morgan fingerprint density at radius 1 is 0.967 bits per heavy atom. The van der Waals surface area contributed by atoms with Crippen molar-refractivity contribution in [1.82, 2.24) is 20.1 Å². The third kappa shape index (κ3) is 7.71. The standard InChI is InChI=1S/C22H34N6O.HI/c1-23-22(25-11-15-26-12-3-4-13-26)24-10-5-14-27-16-18-28(19-17-27)20-6-8-21(29-2)9-7-20;/h3-4,6-9,12-13H,5,10-11,14-19H2,1-2H3,(H2,23,24,25);1H. The Hall–Kier alpha value is -1.94. The van der Waals surface area contributed by atoms with Gasteiger partial charge in [0.15, 0.2) is 5.96 Å². The second kappa shape index (κ2) is 13.4. The van der Waals surface area contributed by atoms with Crippen LogP contribution in [0.5, 0.6) is 5.75 Å². The molecule has 0 bridgehead atoms. The first kappa shape index (κ1) is 24.3. The fourth-order valence-electron chi connectivity index (χ4n) is 3.58. The summed E-state index contributed by atoms with van der Waals surface area (Å²) in [5, 5.41) is 6.78. The van der Waals surface area contributed by atoms with E-state index in [9.17, 15) is 0 Å². The third-order valence-corrected chi connectivity index (χ3v) is 5.31. The summed E-state index contributed by atoms with van der Waals surface area (Å²) in [7, 11) is 3.53. The van der Waals surface area contributed by atoms with E-state index in [0.29, 0.717) is 0 Å². The number of nitrogens with zero attached hydrogens (tertiary/aromatic N) is 4. The highest BCUT2D eigenvalue weighted by molar-refractivity contribution is 14.0. The zero-order chi connectivity index (χ0) is 20.3. The molecule has 2 N–H and O–H groups in total. The van der Waals surface area contributed by atoms with Crippen LogP contribution in [0.15, 0.2) is 53.8 Å². The molecule has 1 fully saturated rings. The summed E-state index contributed by atoms with van der Waals surface area (Å²) in [6, 6.07) is 12.5. The van der Waals surface area contributed by atoms with E-state index in [4.69, 9.17) is 4.74 Å². The van der Waals surface area contributed by atoms with Crippen LogP contribution in [-0.4, -0.2) is 75.4 Å². The second-order valence-electron chi connectivity index (χ2n) is 7.23. The first-order valence-corrected chi connectivity index (χ1v) is 10.4. The van der Waals surface area contributed by atoms with Crippen molar-refractivity contribution >= 4 is 35.6 Å². The zero-order valence-electron chi connectivity index (χ0n) is 18.1. The molecule has 0 amide bonds. The highest BCUT2D eigenvalue weighted by Crippen LogP contribution is 2.20. The quantitative estimate of drug-likeness (QED) is 0.228. The topological polar surface area (TPSA) is 57.1 Å². The van der Waals surface area contributed by atoms with E-state index < -0.39 is 0 Å². The fourth-order valence-corrected chi connectivity index (χ4v) is 3.58. The van der Waals surface area contributed by atoms with Gasteiger partial charge in [-0.25, -0.2) is 0 Å². The number of guanidine groups is 1. The minimum atomic E-state index is 0. The minimum Gasteiger partial charge on any atom is -0.497 e. The van der Waals surface area contributed by atoms with Gasteiger partial charge in [0.25, 0.3) is 0 Å². The van der Waals surface area contributed by atoms with Crippen molar-refractivity contribution in [3.05, 3.63) is 48.8 Å². The van der Waals surface area contributed by atoms with Crippen molar-refractivity contribution < 1.29 is 4.74 Å². The van der Waals surface area contributed by atoms with Crippen LogP contribution in [-0.2, 0) is 6.54 Å². The van der Waals surface area contributed by atoms with E-state index in [2.05, 4.69) is 54.5 Å². The Labute approximate surface area is 197 Å². The van der Waals surface area contributed by atoms with Gasteiger partial charge in [-0.3, -0.25) is 9.89 Å². The van der Waals surface area contributed by atoms with Gasteiger partial charge in [-0.05, 0) is 49.4 Å². The molecule has 0 radical (unpaired) electrons. The van der Waals surface area contributed by atoms with Crippen LogP contribution in [0.3, 0.4) is 0 Å². The van der Waals surface area contributed by atoms with E-state index in [1.54, 1.807) is 7.11 Å². The summed E-state index contributed by atoms with van der Waals surface area (Å²) >= 11 is 0. The second-order valence-corrected chi connectivity index (χ2v) is 7.23. The molecule has 3 rings (SSSR count). The molecule has 0 saturated carbocycles. The number of aromatic nitrogens is 1. The predicted molar refractivity (Wildman–Crippen MR) is 135 cm³/mol. The predicted octanol–water partition coefficient (Wildman–Crippen LogP) is 2.49. The summed E-state index contributed by atoms with van der Waals surface area (Å²) in [4.78, 5) is 9.30. The van der Waals surface area contributed by atoms with Crippen LogP contribution in [0.1, 0.15) is 6.42 Å². The number of ether oxygens (including phenoxy) is 1. The average molecular weight is 526 g/mol. The van der Waals surface area contributed by atoms with Crippen LogP contribution in [0, 0.1) is 0 Å². The third-order valence-electron chi connectivity index (χ3n) is 5.31. The van der Waals surface area contributed by atoms with Crippen molar-refractivity contribution in [2.45, 2.75) is 13.0 Å². The molecule has 0 aliphatic carbocycles. The van der Waals surface area contributed by atoms with E-state index >= 15 is 0 Å². The summed E-state index contributed by atoms with van der Waals surface area (Å²) < 4.78 is 7.40. The average Bonchev–Trinajstić information content (AvgIpc) is 3.29. The van der Waals surface area contributed by atoms with Gasteiger partial charge in [-0.1, -0.05) is 0 Å². The number of hydrogen-bond donors (Lipinski definition) is 2. The molecule has 166 valence electrons. The van der Waals surface area contributed by atoms with Gasteiger partial charge < -0.3 is 24.8 Å². The molecule has 1 aliphatic rings.